The third kappa shape index (κ3) is 3.32. The first-order valence-corrected chi connectivity index (χ1v) is 6.67. The Bertz CT molecular complexity index is 397. The van der Waals surface area contributed by atoms with Crippen LogP contribution in [0.15, 0.2) is 6.07 Å². The fourth-order valence-corrected chi connectivity index (χ4v) is 2.42. The average molecular weight is 250 g/mol. The van der Waals surface area contributed by atoms with Crippen molar-refractivity contribution in [3.05, 3.63) is 11.9 Å². The Labute approximate surface area is 108 Å². The smallest absolute Gasteiger partial charge is 0.132 e. The lowest BCUT2D eigenvalue weighted by molar-refractivity contribution is 0.144. The summed E-state index contributed by atoms with van der Waals surface area (Å²) in [6, 6.07) is 1.98. The van der Waals surface area contributed by atoms with Crippen molar-refractivity contribution in [2.45, 2.75) is 51.2 Å². The van der Waals surface area contributed by atoms with Gasteiger partial charge >= 0.3 is 0 Å². The summed E-state index contributed by atoms with van der Waals surface area (Å²) in [6.45, 7) is 1.87. The highest BCUT2D eigenvalue weighted by atomic mass is 16.3. The molecule has 100 valence electrons. The maximum atomic E-state index is 10.1. The second-order valence-corrected chi connectivity index (χ2v) is 4.89. The predicted molar refractivity (Wildman–Crippen MR) is 72.8 cm³/mol. The Morgan fingerprint density at radius 1 is 1.17 bits per heavy atom. The van der Waals surface area contributed by atoms with Crippen molar-refractivity contribution in [1.82, 2.24) is 9.97 Å². The molecular weight excluding hydrogens is 228 g/mol. The predicted octanol–water partition coefficient (Wildman–Crippen LogP) is 1.93. The molecule has 2 unspecified atom stereocenters. The Hall–Kier alpha value is -1.36. The van der Waals surface area contributed by atoms with Crippen molar-refractivity contribution >= 4 is 11.6 Å². The molecule has 1 saturated carbocycles. The van der Waals surface area contributed by atoms with Gasteiger partial charge in [-0.3, -0.25) is 0 Å². The zero-order valence-corrected chi connectivity index (χ0v) is 11.1. The number of hydrogen-bond donors (Lipinski definition) is 3. The fourth-order valence-electron chi connectivity index (χ4n) is 2.42. The molecule has 5 heteroatoms. The van der Waals surface area contributed by atoms with Crippen LogP contribution in [0.3, 0.4) is 0 Å². The fraction of sp³-hybridized carbons (Fsp3) is 0.692. The first-order chi connectivity index (χ1) is 8.69. The van der Waals surface area contributed by atoms with E-state index in [0.717, 1.165) is 43.1 Å². The number of hydrogen-bond acceptors (Lipinski definition) is 5. The summed E-state index contributed by atoms with van der Waals surface area (Å²) in [5, 5.41) is 16.4. The molecular formula is C13H22N4O. The maximum absolute atomic E-state index is 10.1. The molecule has 0 saturated heterocycles. The normalized spacial score (nSPS) is 24.4. The summed E-state index contributed by atoms with van der Waals surface area (Å²) in [6.07, 6.45) is 5.09. The van der Waals surface area contributed by atoms with Gasteiger partial charge in [0.25, 0.3) is 0 Å². The number of nitrogens with zero attached hydrogens (tertiary/aromatic N) is 2. The molecule has 0 radical (unpaired) electrons. The molecule has 0 amide bonds. The molecule has 1 heterocycles. The standard InChI is InChI=1S/C13H22N4O/c1-9-15-12(14-2)8-13(16-9)17-10-6-4-3-5-7-11(10)18/h8,10-11,18H,3-7H2,1-2H3,(H2,14,15,16,17). The van der Waals surface area contributed by atoms with Gasteiger partial charge in [0.1, 0.15) is 17.5 Å². The molecule has 1 aliphatic carbocycles. The Morgan fingerprint density at radius 3 is 2.67 bits per heavy atom. The van der Waals surface area contributed by atoms with Gasteiger partial charge in [0.15, 0.2) is 0 Å². The van der Waals surface area contributed by atoms with Crippen LogP contribution in [0.5, 0.6) is 0 Å². The van der Waals surface area contributed by atoms with E-state index < -0.39 is 0 Å². The summed E-state index contributed by atoms with van der Waals surface area (Å²) >= 11 is 0. The first kappa shape index (κ1) is 13.1. The van der Waals surface area contributed by atoms with Crippen LogP contribution < -0.4 is 10.6 Å². The van der Waals surface area contributed by atoms with Gasteiger partial charge in [-0.2, -0.15) is 0 Å². The summed E-state index contributed by atoms with van der Waals surface area (Å²) in [5.74, 6) is 2.32. The molecule has 2 rings (SSSR count). The number of aryl methyl sites for hydroxylation is 1. The number of rotatable bonds is 3. The van der Waals surface area contributed by atoms with Gasteiger partial charge in [0.05, 0.1) is 12.1 Å². The van der Waals surface area contributed by atoms with Crippen molar-refractivity contribution in [3.63, 3.8) is 0 Å². The van der Waals surface area contributed by atoms with E-state index in [2.05, 4.69) is 20.6 Å². The SMILES string of the molecule is CNc1cc(NC2CCCCCC2O)nc(C)n1. The number of anilines is 2. The minimum Gasteiger partial charge on any atom is -0.391 e. The Balaban J connectivity index is 2.09. The molecule has 18 heavy (non-hydrogen) atoms. The van der Waals surface area contributed by atoms with E-state index in [4.69, 9.17) is 0 Å². The van der Waals surface area contributed by atoms with Crippen LogP contribution in [0.4, 0.5) is 11.6 Å². The lowest BCUT2D eigenvalue weighted by atomic mass is 10.1. The highest BCUT2D eigenvalue weighted by Crippen LogP contribution is 2.21. The second kappa shape index (κ2) is 6.00. The summed E-state index contributed by atoms with van der Waals surface area (Å²) in [7, 11) is 1.84. The van der Waals surface area contributed by atoms with E-state index in [0.29, 0.717) is 0 Å². The largest absolute Gasteiger partial charge is 0.391 e. The van der Waals surface area contributed by atoms with Crippen LogP contribution in [0.25, 0.3) is 0 Å². The number of aliphatic hydroxyl groups excluding tert-OH is 1. The summed E-state index contributed by atoms with van der Waals surface area (Å²) in [5.41, 5.74) is 0. The van der Waals surface area contributed by atoms with Gasteiger partial charge < -0.3 is 15.7 Å². The number of aromatic nitrogens is 2. The Kier molecular flexibility index (Phi) is 4.36. The minimum atomic E-state index is -0.277. The van der Waals surface area contributed by atoms with Crippen LogP contribution in [0, 0.1) is 6.92 Å². The quantitative estimate of drug-likeness (QED) is 0.715. The molecule has 1 aliphatic rings. The molecule has 0 aliphatic heterocycles. The topological polar surface area (TPSA) is 70.1 Å². The van der Waals surface area contributed by atoms with Crippen LogP contribution in [0.2, 0.25) is 0 Å². The lowest BCUT2D eigenvalue weighted by Crippen LogP contribution is -2.32. The third-order valence-electron chi connectivity index (χ3n) is 3.41. The molecule has 1 fully saturated rings. The summed E-state index contributed by atoms with van der Waals surface area (Å²) < 4.78 is 0. The van der Waals surface area contributed by atoms with Gasteiger partial charge in [0.2, 0.25) is 0 Å². The molecule has 0 aromatic carbocycles. The number of nitrogens with one attached hydrogen (secondary N) is 2. The monoisotopic (exact) mass is 250 g/mol. The van der Waals surface area contributed by atoms with E-state index in [1.54, 1.807) is 0 Å². The van der Waals surface area contributed by atoms with Gasteiger partial charge in [-0.25, -0.2) is 9.97 Å². The minimum absolute atomic E-state index is 0.103. The van der Waals surface area contributed by atoms with Crippen LogP contribution in [-0.4, -0.2) is 34.3 Å². The zero-order chi connectivity index (χ0) is 13.0. The third-order valence-corrected chi connectivity index (χ3v) is 3.41. The van der Waals surface area contributed by atoms with E-state index >= 15 is 0 Å². The first-order valence-electron chi connectivity index (χ1n) is 6.67. The number of aliphatic hydroxyl groups is 1. The van der Waals surface area contributed by atoms with Gasteiger partial charge in [0, 0.05) is 13.1 Å². The van der Waals surface area contributed by atoms with Crippen molar-refractivity contribution in [3.8, 4) is 0 Å². The van der Waals surface area contributed by atoms with Gasteiger partial charge in [-0.1, -0.05) is 19.3 Å². The van der Waals surface area contributed by atoms with Crippen molar-refractivity contribution in [2.24, 2.45) is 0 Å². The zero-order valence-electron chi connectivity index (χ0n) is 11.1. The maximum Gasteiger partial charge on any atom is 0.132 e. The van der Waals surface area contributed by atoms with E-state index in [1.165, 1.54) is 6.42 Å². The van der Waals surface area contributed by atoms with E-state index in [-0.39, 0.29) is 12.1 Å². The molecule has 1 aromatic rings. The van der Waals surface area contributed by atoms with Crippen molar-refractivity contribution in [1.29, 1.82) is 0 Å². The molecule has 2 atom stereocenters. The lowest BCUT2D eigenvalue weighted by Gasteiger charge is -2.22. The van der Waals surface area contributed by atoms with Gasteiger partial charge in [-0.15, -0.1) is 0 Å². The molecule has 5 nitrogen and oxygen atoms in total. The van der Waals surface area contributed by atoms with Gasteiger partial charge in [-0.05, 0) is 19.8 Å². The average Bonchev–Trinajstić information content (AvgIpc) is 2.54. The Morgan fingerprint density at radius 2 is 1.89 bits per heavy atom. The van der Waals surface area contributed by atoms with E-state index in [1.807, 2.05) is 20.0 Å². The highest BCUT2D eigenvalue weighted by molar-refractivity contribution is 5.47. The van der Waals surface area contributed by atoms with Crippen LogP contribution >= 0.6 is 0 Å². The highest BCUT2D eigenvalue weighted by Gasteiger charge is 2.21. The molecule has 0 bridgehead atoms. The van der Waals surface area contributed by atoms with Crippen LogP contribution in [-0.2, 0) is 0 Å². The molecule has 3 N–H and O–H groups in total. The van der Waals surface area contributed by atoms with Crippen LogP contribution in [0.1, 0.15) is 37.9 Å². The second-order valence-electron chi connectivity index (χ2n) is 4.89. The molecule has 0 spiro atoms. The van der Waals surface area contributed by atoms with Crippen molar-refractivity contribution in [2.75, 3.05) is 17.7 Å². The van der Waals surface area contributed by atoms with Crippen molar-refractivity contribution < 1.29 is 5.11 Å². The molecule has 1 aromatic heterocycles. The summed E-state index contributed by atoms with van der Waals surface area (Å²) in [4.78, 5) is 8.63. The van der Waals surface area contributed by atoms with E-state index in [9.17, 15) is 5.11 Å².